The maximum atomic E-state index is 12.7. The molecule has 0 bridgehead atoms. The van der Waals surface area contributed by atoms with E-state index in [1.165, 1.54) is 6.92 Å². The van der Waals surface area contributed by atoms with Crippen molar-refractivity contribution in [3.05, 3.63) is 12.0 Å². The molecule has 0 saturated carbocycles. The van der Waals surface area contributed by atoms with Gasteiger partial charge in [0.25, 0.3) is 6.01 Å². The van der Waals surface area contributed by atoms with Crippen molar-refractivity contribution in [1.29, 1.82) is 0 Å². The topological polar surface area (TPSA) is 102 Å². The van der Waals surface area contributed by atoms with Crippen molar-refractivity contribution in [2.24, 2.45) is 0 Å². The van der Waals surface area contributed by atoms with Gasteiger partial charge in [0.1, 0.15) is 6.26 Å². The van der Waals surface area contributed by atoms with Crippen LogP contribution in [0.2, 0.25) is 0 Å². The lowest BCUT2D eigenvalue weighted by atomic mass is 10.0. The lowest BCUT2D eigenvalue weighted by Gasteiger charge is -2.27. The number of hydrogen-bond donors (Lipinski definition) is 2. The van der Waals surface area contributed by atoms with Gasteiger partial charge in [-0.1, -0.05) is 0 Å². The van der Waals surface area contributed by atoms with Crippen LogP contribution in [0.25, 0.3) is 0 Å². The maximum Gasteiger partial charge on any atom is 0.422 e. The SMILES string of the molecule is CCOC(=O)c1coc(NC(C)(C(=O)O)C(F)(F)F)n1. The summed E-state index contributed by atoms with van der Waals surface area (Å²) in [5.74, 6) is -3.06. The number of halogens is 3. The molecule has 1 aromatic rings. The van der Waals surface area contributed by atoms with Crippen molar-refractivity contribution in [3.8, 4) is 0 Å². The molecule has 7 nitrogen and oxygen atoms in total. The molecule has 0 aliphatic rings. The van der Waals surface area contributed by atoms with Crippen LogP contribution in [-0.4, -0.2) is 40.4 Å². The minimum Gasteiger partial charge on any atom is -0.479 e. The highest BCUT2D eigenvalue weighted by molar-refractivity contribution is 5.87. The first kappa shape index (κ1) is 15.8. The number of aliphatic carboxylic acids is 1. The van der Waals surface area contributed by atoms with Crippen molar-refractivity contribution in [2.45, 2.75) is 25.6 Å². The van der Waals surface area contributed by atoms with Crippen molar-refractivity contribution in [3.63, 3.8) is 0 Å². The molecule has 0 aromatic carbocycles. The van der Waals surface area contributed by atoms with Gasteiger partial charge in [-0.15, -0.1) is 0 Å². The van der Waals surface area contributed by atoms with Crippen molar-refractivity contribution < 1.29 is 37.0 Å². The molecule has 1 atom stereocenters. The predicted molar refractivity (Wildman–Crippen MR) is 58.2 cm³/mol. The predicted octanol–water partition coefficient (Wildman–Crippen LogP) is 1.67. The van der Waals surface area contributed by atoms with Crippen LogP contribution in [-0.2, 0) is 9.53 Å². The zero-order valence-electron chi connectivity index (χ0n) is 10.4. The average Bonchev–Trinajstić information content (AvgIpc) is 2.76. The fraction of sp³-hybridized carbons (Fsp3) is 0.500. The third kappa shape index (κ3) is 3.00. The van der Waals surface area contributed by atoms with E-state index in [1.807, 2.05) is 0 Å². The third-order valence-electron chi connectivity index (χ3n) is 2.34. The van der Waals surface area contributed by atoms with Crippen molar-refractivity contribution in [2.75, 3.05) is 11.9 Å². The lowest BCUT2D eigenvalue weighted by Crippen LogP contribution is -2.55. The van der Waals surface area contributed by atoms with E-state index in [9.17, 15) is 22.8 Å². The van der Waals surface area contributed by atoms with Gasteiger partial charge >= 0.3 is 18.1 Å². The number of nitrogens with zero attached hydrogens (tertiary/aromatic N) is 1. The number of nitrogens with one attached hydrogen (secondary N) is 1. The first-order valence-corrected chi connectivity index (χ1v) is 5.32. The Kier molecular flexibility index (Phi) is 4.26. The molecular weight excluding hydrogens is 285 g/mol. The van der Waals surface area contributed by atoms with E-state index in [-0.39, 0.29) is 12.3 Å². The maximum absolute atomic E-state index is 12.7. The number of carboxylic acids is 1. The second-order valence-electron chi connectivity index (χ2n) is 3.81. The van der Waals surface area contributed by atoms with Gasteiger partial charge in [0.05, 0.1) is 6.61 Å². The number of hydrogen-bond acceptors (Lipinski definition) is 6. The van der Waals surface area contributed by atoms with Crippen LogP contribution in [0.15, 0.2) is 10.7 Å². The highest BCUT2D eigenvalue weighted by Crippen LogP contribution is 2.33. The number of carboxylic acid groups (broad SMARTS) is 1. The minimum atomic E-state index is -5.10. The fourth-order valence-electron chi connectivity index (χ4n) is 1.09. The van der Waals surface area contributed by atoms with Gasteiger partial charge in [-0.05, 0) is 13.8 Å². The number of aromatic nitrogens is 1. The molecule has 0 amide bonds. The molecule has 0 radical (unpaired) electrons. The van der Waals surface area contributed by atoms with Gasteiger partial charge in [0.15, 0.2) is 5.69 Å². The molecule has 1 unspecified atom stereocenters. The normalized spacial score (nSPS) is 14.4. The van der Waals surface area contributed by atoms with E-state index in [0.29, 0.717) is 6.92 Å². The second kappa shape index (κ2) is 5.39. The van der Waals surface area contributed by atoms with E-state index in [4.69, 9.17) is 5.11 Å². The van der Waals surface area contributed by atoms with Crippen LogP contribution in [0.5, 0.6) is 0 Å². The van der Waals surface area contributed by atoms with Gasteiger partial charge < -0.3 is 19.6 Å². The van der Waals surface area contributed by atoms with Crippen LogP contribution < -0.4 is 5.32 Å². The molecule has 0 saturated heterocycles. The number of carbonyl (C=O) groups is 2. The third-order valence-corrected chi connectivity index (χ3v) is 2.34. The summed E-state index contributed by atoms with van der Waals surface area (Å²) in [7, 11) is 0. The Morgan fingerprint density at radius 3 is 2.55 bits per heavy atom. The average molecular weight is 296 g/mol. The summed E-state index contributed by atoms with van der Waals surface area (Å²) >= 11 is 0. The van der Waals surface area contributed by atoms with Crippen LogP contribution in [0, 0.1) is 0 Å². The van der Waals surface area contributed by atoms with Crippen LogP contribution >= 0.6 is 0 Å². The number of oxazole rings is 1. The summed E-state index contributed by atoms with van der Waals surface area (Å²) in [5.41, 5.74) is -3.67. The molecule has 0 fully saturated rings. The number of ether oxygens (including phenoxy) is 1. The van der Waals surface area contributed by atoms with E-state index in [2.05, 4.69) is 14.1 Å². The van der Waals surface area contributed by atoms with Gasteiger partial charge in [0, 0.05) is 0 Å². The smallest absolute Gasteiger partial charge is 0.422 e. The van der Waals surface area contributed by atoms with Gasteiger partial charge in [-0.3, -0.25) is 0 Å². The molecule has 0 spiro atoms. The molecule has 20 heavy (non-hydrogen) atoms. The molecule has 1 aromatic heterocycles. The van der Waals surface area contributed by atoms with Gasteiger partial charge in [-0.25, -0.2) is 9.59 Å². The van der Waals surface area contributed by atoms with E-state index in [0.717, 1.165) is 6.26 Å². The molecule has 1 heterocycles. The number of anilines is 1. The molecular formula is C10H11F3N2O5. The number of carbonyl (C=O) groups excluding carboxylic acids is 1. The lowest BCUT2D eigenvalue weighted by molar-refractivity contribution is -0.193. The summed E-state index contributed by atoms with van der Waals surface area (Å²) in [6.45, 7) is 1.98. The summed E-state index contributed by atoms with van der Waals surface area (Å²) < 4.78 is 47.3. The Hall–Kier alpha value is -2.26. The molecule has 0 aliphatic heterocycles. The Balaban J connectivity index is 2.97. The minimum absolute atomic E-state index is 0.0455. The summed E-state index contributed by atoms with van der Waals surface area (Å²) in [6, 6.07) is -0.754. The highest BCUT2D eigenvalue weighted by Gasteiger charge is 2.58. The first-order valence-electron chi connectivity index (χ1n) is 5.32. The zero-order valence-corrected chi connectivity index (χ0v) is 10.4. The van der Waals surface area contributed by atoms with E-state index >= 15 is 0 Å². The largest absolute Gasteiger partial charge is 0.479 e. The number of esters is 1. The van der Waals surface area contributed by atoms with Crippen molar-refractivity contribution >= 4 is 18.0 Å². The van der Waals surface area contributed by atoms with Gasteiger partial charge in [-0.2, -0.15) is 18.2 Å². The fourth-order valence-corrected chi connectivity index (χ4v) is 1.09. The van der Waals surface area contributed by atoms with Crippen molar-refractivity contribution in [1.82, 2.24) is 4.98 Å². The van der Waals surface area contributed by atoms with Crippen LogP contribution in [0.1, 0.15) is 24.3 Å². The van der Waals surface area contributed by atoms with E-state index in [1.54, 1.807) is 5.32 Å². The highest BCUT2D eigenvalue weighted by atomic mass is 19.4. The van der Waals surface area contributed by atoms with E-state index < -0.39 is 29.7 Å². The molecule has 2 N–H and O–H groups in total. The van der Waals surface area contributed by atoms with Gasteiger partial charge in [0.2, 0.25) is 5.54 Å². The summed E-state index contributed by atoms with van der Waals surface area (Å²) in [4.78, 5) is 25.4. The first-order chi connectivity index (χ1) is 9.11. The number of alkyl halides is 3. The Morgan fingerprint density at radius 1 is 1.50 bits per heavy atom. The van der Waals surface area contributed by atoms with Crippen LogP contribution in [0.3, 0.4) is 0 Å². The van der Waals surface area contributed by atoms with Crippen LogP contribution in [0.4, 0.5) is 19.2 Å². The Labute approximate surface area is 110 Å². The Bertz CT molecular complexity index is 513. The summed E-state index contributed by atoms with van der Waals surface area (Å²) in [6.07, 6.45) is -4.34. The monoisotopic (exact) mass is 296 g/mol. The molecule has 112 valence electrons. The number of rotatable bonds is 5. The quantitative estimate of drug-likeness (QED) is 0.797. The summed E-state index contributed by atoms with van der Waals surface area (Å²) in [5, 5.41) is 10.3. The molecule has 0 aliphatic carbocycles. The molecule has 1 rings (SSSR count). The zero-order chi connectivity index (χ0) is 15.6. The second-order valence-corrected chi connectivity index (χ2v) is 3.81. The Morgan fingerprint density at radius 2 is 2.10 bits per heavy atom. The molecule has 10 heteroatoms. The standard InChI is InChI=1S/C10H11F3N2O5/c1-3-19-6(16)5-4-20-8(14-5)15-9(2,7(17)18)10(11,12)13/h4H,3H2,1-2H3,(H,14,15)(H,17,18).